The number of nitrogens with zero attached hydrogens (tertiary/aromatic N) is 1. The maximum Gasteiger partial charge on any atom is 0.317 e. The minimum Gasteiger partial charge on any atom is -0.347 e. The first-order valence-electron chi connectivity index (χ1n) is 8.38. The van der Waals surface area contributed by atoms with Crippen LogP contribution in [-0.2, 0) is 9.47 Å². The number of carbonyl (C=O) groups is 1. The predicted molar refractivity (Wildman–Crippen MR) is 80.0 cm³/mol. The van der Waals surface area contributed by atoms with Crippen molar-refractivity contribution >= 4 is 6.03 Å². The summed E-state index contributed by atoms with van der Waals surface area (Å²) in [5.74, 6) is -0.222. The van der Waals surface area contributed by atoms with Crippen molar-refractivity contribution in [1.82, 2.24) is 10.2 Å². The van der Waals surface area contributed by atoms with Crippen molar-refractivity contribution in [2.24, 2.45) is 11.3 Å². The molecule has 0 aromatic rings. The highest BCUT2D eigenvalue weighted by Gasteiger charge is 2.44. The number of piperidine rings is 1. The number of amides is 2. The van der Waals surface area contributed by atoms with E-state index in [-0.39, 0.29) is 11.9 Å². The average molecular weight is 296 g/mol. The van der Waals surface area contributed by atoms with E-state index in [2.05, 4.69) is 12.2 Å². The normalized spacial score (nSPS) is 30.2. The molecule has 0 spiro atoms. The molecule has 0 radical (unpaired) electrons. The summed E-state index contributed by atoms with van der Waals surface area (Å²) in [6.45, 7) is 7.97. The van der Waals surface area contributed by atoms with Gasteiger partial charge in [0.25, 0.3) is 0 Å². The van der Waals surface area contributed by atoms with Crippen LogP contribution in [0.1, 0.15) is 46.0 Å². The Morgan fingerprint density at radius 2 is 2.05 bits per heavy atom. The van der Waals surface area contributed by atoms with Crippen LogP contribution in [0.25, 0.3) is 0 Å². The second kappa shape index (κ2) is 5.76. The Labute approximate surface area is 127 Å². The van der Waals surface area contributed by atoms with Gasteiger partial charge in [-0.3, -0.25) is 0 Å². The van der Waals surface area contributed by atoms with Crippen LogP contribution in [0.5, 0.6) is 0 Å². The maximum atomic E-state index is 12.4. The van der Waals surface area contributed by atoms with E-state index in [1.165, 1.54) is 12.8 Å². The van der Waals surface area contributed by atoms with Gasteiger partial charge in [-0.2, -0.15) is 0 Å². The summed E-state index contributed by atoms with van der Waals surface area (Å²) in [7, 11) is 0. The van der Waals surface area contributed by atoms with Crippen LogP contribution >= 0.6 is 0 Å². The topological polar surface area (TPSA) is 50.8 Å². The van der Waals surface area contributed by atoms with Crippen molar-refractivity contribution in [2.45, 2.75) is 51.7 Å². The van der Waals surface area contributed by atoms with Crippen LogP contribution in [0.2, 0.25) is 0 Å². The molecule has 1 unspecified atom stereocenters. The second-order valence-electron chi connectivity index (χ2n) is 7.01. The van der Waals surface area contributed by atoms with Gasteiger partial charge in [-0.05, 0) is 44.4 Å². The van der Waals surface area contributed by atoms with E-state index in [4.69, 9.17) is 9.47 Å². The van der Waals surface area contributed by atoms with Gasteiger partial charge in [0, 0.05) is 25.6 Å². The quantitative estimate of drug-likeness (QED) is 0.866. The number of urea groups is 1. The van der Waals surface area contributed by atoms with E-state index in [9.17, 15) is 4.79 Å². The predicted octanol–water partition coefficient (Wildman–Crippen LogP) is 2.36. The molecule has 5 heteroatoms. The molecule has 21 heavy (non-hydrogen) atoms. The third-order valence-corrected chi connectivity index (χ3v) is 5.63. The largest absolute Gasteiger partial charge is 0.347 e. The molecule has 2 aliphatic heterocycles. The highest BCUT2D eigenvalue weighted by atomic mass is 16.7. The summed E-state index contributed by atoms with van der Waals surface area (Å²) in [5.41, 5.74) is 0.397. The van der Waals surface area contributed by atoms with Crippen molar-refractivity contribution in [3.8, 4) is 0 Å². The van der Waals surface area contributed by atoms with Crippen LogP contribution in [0.4, 0.5) is 4.79 Å². The lowest BCUT2D eigenvalue weighted by Gasteiger charge is -2.40. The smallest absolute Gasteiger partial charge is 0.317 e. The van der Waals surface area contributed by atoms with Crippen molar-refractivity contribution in [1.29, 1.82) is 0 Å². The number of hydrogen-bond acceptors (Lipinski definition) is 3. The molecule has 1 atom stereocenters. The molecule has 1 N–H and O–H groups in total. The van der Waals surface area contributed by atoms with Gasteiger partial charge in [0.2, 0.25) is 0 Å². The average Bonchev–Trinajstić information content (AvgIpc) is 3.18. The number of carbonyl (C=O) groups excluding carboxylic acids is 1. The molecule has 1 saturated carbocycles. The fourth-order valence-electron chi connectivity index (χ4n) is 3.56. The Kier molecular flexibility index (Phi) is 4.14. The summed E-state index contributed by atoms with van der Waals surface area (Å²) < 4.78 is 11.5. The van der Waals surface area contributed by atoms with Crippen LogP contribution < -0.4 is 5.32 Å². The van der Waals surface area contributed by atoms with Crippen LogP contribution in [0.3, 0.4) is 0 Å². The number of ether oxygens (including phenoxy) is 2. The second-order valence-corrected chi connectivity index (χ2v) is 7.01. The van der Waals surface area contributed by atoms with Gasteiger partial charge in [0.1, 0.15) is 0 Å². The van der Waals surface area contributed by atoms with Gasteiger partial charge in [0.15, 0.2) is 5.79 Å². The lowest BCUT2D eigenvalue weighted by atomic mass is 9.90. The number of likely N-dealkylation sites (tertiary alicyclic amines) is 1. The standard InChI is InChI=1S/C16H28N2O3/c1-3-16(6-7-16)12-17-14(19)18-8-4-5-13(11-18)15(2)20-9-10-21-15/h13H,3-12H2,1-2H3,(H,17,19). The summed E-state index contributed by atoms with van der Waals surface area (Å²) in [5, 5.41) is 3.14. The zero-order valence-electron chi connectivity index (χ0n) is 13.3. The Bertz CT molecular complexity index is 389. The molecule has 3 rings (SSSR count). The first-order chi connectivity index (χ1) is 10.1. The molecule has 5 nitrogen and oxygen atoms in total. The van der Waals surface area contributed by atoms with E-state index in [1.54, 1.807) is 0 Å². The van der Waals surface area contributed by atoms with Gasteiger partial charge in [0.05, 0.1) is 13.2 Å². The fourth-order valence-corrected chi connectivity index (χ4v) is 3.56. The lowest BCUT2D eigenvalue weighted by molar-refractivity contribution is -0.189. The van der Waals surface area contributed by atoms with E-state index in [0.29, 0.717) is 18.6 Å². The zero-order chi connectivity index (χ0) is 14.9. The molecule has 1 aliphatic carbocycles. The fraction of sp³-hybridized carbons (Fsp3) is 0.938. The third-order valence-electron chi connectivity index (χ3n) is 5.63. The Morgan fingerprint density at radius 3 is 2.67 bits per heavy atom. The maximum absolute atomic E-state index is 12.4. The summed E-state index contributed by atoms with van der Waals surface area (Å²) in [6, 6.07) is 0.0843. The molecular weight excluding hydrogens is 268 g/mol. The van der Waals surface area contributed by atoms with Crippen LogP contribution in [0, 0.1) is 11.3 Å². The SMILES string of the molecule is CCC1(CNC(=O)N2CCCC(C3(C)OCCO3)C2)CC1. The van der Waals surface area contributed by atoms with Gasteiger partial charge < -0.3 is 19.7 Å². The monoisotopic (exact) mass is 296 g/mol. The molecule has 2 heterocycles. The van der Waals surface area contributed by atoms with Crippen molar-refractivity contribution < 1.29 is 14.3 Å². The van der Waals surface area contributed by atoms with E-state index in [0.717, 1.165) is 38.9 Å². The minimum absolute atomic E-state index is 0.0843. The van der Waals surface area contributed by atoms with E-state index in [1.807, 2.05) is 11.8 Å². The molecule has 120 valence electrons. The molecule has 3 aliphatic rings. The van der Waals surface area contributed by atoms with Crippen LogP contribution in [0.15, 0.2) is 0 Å². The number of nitrogens with one attached hydrogen (secondary N) is 1. The zero-order valence-corrected chi connectivity index (χ0v) is 13.3. The Morgan fingerprint density at radius 1 is 1.33 bits per heavy atom. The first-order valence-corrected chi connectivity index (χ1v) is 8.38. The van der Waals surface area contributed by atoms with Crippen LogP contribution in [-0.4, -0.2) is 49.6 Å². The van der Waals surface area contributed by atoms with Crippen molar-refractivity contribution in [3.63, 3.8) is 0 Å². The molecular formula is C16H28N2O3. The highest BCUT2D eigenvalue weighted by molar-refractivity contribution is 5.74. The highest BCUT2D eigenvalue weighted by Crippen LogP contribution is 2.47. The molecule has 2 saturated heterocycles. The van der Waals surface area contributed by atoms with Crippen molar-refractivity contribution in [3.05, 3.63) is 0 Å². The number of hydrogen-bond donors (Lipinski definition) is 1. The minimum atomic E-state index is -0.500. The summed E-state index contributed by atoms with van der Waals surface area (Å²) in [4.78, 5) is 14.3. The Balaban J connectivity index is 1.52. The first kappa shape index (κ1) is 15.1. The summed E-state index contributed by atoms with van der Waals surface area (Å²) in [6.07, 6.45) is 5.77. The molecule has 3 fully saturated rings. The third kappa shape index (κ3) is 3.19. The lowest BCUT2D eigenvalue weighted by Crippen LogP contribution is -2.51. The van der Waals surface area contributed by atoms with E-state index < -0.39 is 5.79 Å². The summed E-state index contributed by atoms with van der Waals surface area (Å²) >= 11 is 0. The molecule has 0 aromatic carbocycles. The molecule has 0 bridgehead atoms. The van der Waals surface area contributed by atoms with Crippen molar-refractivity contribution in [2.75, 3.05) is 32.8 Å². The number of rotatable bonds is 4. The van der Waals surface area contributed by atoms with Gasteiger partial charge >= 0.3 is 6.03 Å². The van der Waals surface area contributed by atoms with E-state index >= 15 is 0 Å². The van der Waals surface area contributed by atoms with Gasteiger partial charge in [-0.1, -0.05) is 6.92 Å². The molecule has 2 amide bonds. The molecule has 0 aromatic heterocycles. The Hall–Kier alpha value is -0.810. The van der Waals surface area contributed by atoms with Gasteiger partial charge in [-0.25, -0.2) is 4.79 Å². The van der Waals surface area contributed by atoms with Gasteiger partial charge in [-0.15, -0.1) is 0 Å².